The first kappa shape index (κ1) is 21.4. The highest BCUT2D eigenvalue weighted by molar-refractivity contribution is 6.04. The number of hydrogen-bond donors (Lipinski definition) is 2. The summed E-state index contributed by atoms with van der Waals surface area (Å²) in [4.78, 5) is 25.7. The highest BCUT2D eigenvalue weighted by Crippen LogP contribution is 2.34. The molecule has 2 aromatic carbocycles. The second kappa shape index (κ2) is 9.48. The fraction of sp³-hybridized carbons (Fsp3) is 0.333. The zero-order chi connectivity index (χ0) is 21.7. The Morgan fingerprint density at radius 1 is 1.07 bits per heavy atom. The van der Waals surface area contributed by atoms with Crippen molar-refractivity contribution in [1.82, 2.24) is 10.6 Å². The Labute approximate surface area is 177 Å². The molecule has 0 aliphatic carbocycles. The monoisotopic (exact) mass is 408 g/mol. The number of amides is 1. The number of carbonyl (C=O) groups is 2. The third kappa shape index (κ3) is 4.64. The largest absolute Gasteiger partial charge is 0.493 e. The van der Waals surface area contributed by atoms with Crippen molar-refractivity contribution >= 4 is 17.4 Å². The molecular formula is C24H28N2O4. The Bertz CT molecular complexity index is 951. The molecule has 0 spiro atoms. The first-order chi connectivity index (χ1) is 14.4. The van der Waals surface area contributed by atoms with Gasteiger partial charge in [-0.05, 0) is 42.2 Å². The summed E-state index contributed by atoms with van der Waals surface area (Å²) in [6, 6.07) is 12.1. The van der Waals surface area contributed by atoms with E-state index in [1.54, 1.807) is 44.6 Å². The van der Waals surface area contributed by atoms with Crippen LogP contribution in [-0.2, 0) is 11.2 Å². The van der Waals surface area contributed by atoms with Gasteiger partial charge in [-0.1, -0.05) is 32.0 Å². The smallest absolute Gasteiger partial charge is 0.251 e. The molecule has 158 valence electrons. The molecule has 0 unspecified atom stereocenters. The minimum Gasteiger partial charge on any atom is -0.493 e. The number of hydrogen-bond acceptors (Lipinski definition) is 5. The molecule has 6 heteroatoms. The summed E-state index contributed by atoms with van der Waals surface area (Å²) in [6.45, 7) is 4.55. The molecule has 30 heavy (non-hydrogen) atoms. The Hall–Kier alpha value is -3.28. The average Bonchev–Trinajstić information content (AvgIpc) is 2.76. The fourth-order valence-electron chi connectivity index (χ4n) is 3.55. The van der Waals surface area contributed by atoms with E-state index in [4.69, 9.17) is 9.47 Å². The van der Waals surface area contributed by atoms with Crippen LogP contribution in [0.5, 0.6) is 11.5 Å². The molecule has 1 atom stereocenters. The molecule has 6 nitrogen and oxygen atoms in total. The van der Waals surface area contributed by atoms with Crippen molar-refractivity contribution in [3.63, 3.8) is 0 Å². The van der Waals surface area contributed by atoms with Gasteiger partial charge >= 0.3 is 0 Å². The van der Waals surface area contributed by atoms with E-state index in [0.717, 1.165) is 23.2 Å². The van der Waals surface area contributed by atoms with Crippen LogP contribution in [0.3, 0.4) is 0 Å². The number of ether oxygens (including phenoxy) is 2. The number of fused-ring (bicyclic) bond motifs is 1. The Morgan fingerprint density at radius 2 is 1.73 bits per heavy atom. The predicted octanol–water partition coefficient (Wildman–Crippen LogP) is 3.21. The molecule has 0 bridgehead atoms. The Kier molecular flexibility index (Phi) is 6.77. The van der Waals surface area contributed by atoms with Crippen molar-refractivity contribution in [2.24, 2.45) is 5.92 Å². The number of nitrogens with one attached hydrogen (secondary N) is 2. The van der Waals surface area contributed by atoms with Crippen LogP contribution >= 0.6 is 0 Å². The molecule has 2 N–H and O–H groups in total. The van der Waals surface area contributed by atoms with E-state index in [1.165, 1.54) is 0 Å². The molecular weight excluding hydrogens is 380 g/mol. The molecule has 0 saturated heterocycles. The lowest BCUT2D eigenvalue weighted by Gasteiger charge is -2.24. The predicted molar refractivity (Wildman–Crippen MR) is 117 cm³/mol. The maximum atomic E-state index is 13.1. The number of ketones is 1. The lowest BCUT2D eigenvalue weighted by Crippen LogP contribution is -2.44. The second-order valence-corrected chi connectivity index (χ2v) is 7.56. The maximum Gasteiger partial charge on any atom is 0.251 e. The fourth-order valence-corrected chi connectivity index (χ4v) is 3.55. The van der Waals surface area contributed by atoms with E-state index < -0.39 is 6.04 Å². The van der Waals surface area contributed by atoms with E-state index in [9.17, 15) is 9.59 Å². The van der Waals surface area contributed by atoms with Gasteiger partial charge in [0, 0.05) is 29.4 Å². The van der Waals surface area contributed by atoms with E-state index in [1.807, 2.05) is 32.0 Å². The molecule has 1 amide bonds. The molecule has 1 aliphatic rings. The summed E-state index contributed by atoms with van der Waals surface area (Å²) in [5.74, 6) is 0.800. The second-order valence-electron chi connectivity index (χ2n) is 7.56. The van der Waals surface area contributed by atoms with Crippen LogP contribution < -0.4 is 20.1 Å². The summed E-state index contributed by atoms with van der Waals surface area (Å²) < 4.78 is 10.8. The number of rotatable bonds is 7. The maximum absolute atomic E-state index is 13.1. The molecule has 3 rings (SSSR count). The molecule has 0 aromatic heterocycles. The van der Waals surface area contributed by atoms with Crippen molar-refractivity contribution in [1.29, 1.82) is 0 Å². The van der Waals surface area contributed by atoms with Crippen molar-refractivity contribution in [3.05, 3.63) is 65.2 Å². The van der Waals surface area contributed by atoms with Crippen LogP contribution in [0, 0.1) is 5.92 Å². The summed E-state index contributed by atoms with van der Waals surface area (Å²) in [5, 5.41) is 6.19. The zero-order valence-electron chi connectivity index (χ0n) is 17.8. The van der Waals surface area contributed by atoms with Crippen molar-refractivity contribution in [2.75, 3.05) is 20.8 Å². The Balaban J connectivity index is 1.88. The highest BCUT2D eigenvalue weighted by Gasteiger charge is 2.25. The van der Waals surface area contributed by atoms with Crippen LogP contribution in [-0.4, -0.2) is 38.5 Å². The van der Waals surface area contributed by atoms with Crippen LogP contribution in [0.2, 0.25) is 0 Å². The molecule has 0 saturated carbocycles. The first-order valence-electron chi connectivity index (χ1n) is 10.0. The van der Waals surface area contributed by atoms with Crippen molar-refractivity contribution in [2.45, 2.75) is 26.3 Å². The summed E-state index contributed by atoms with van der Waals surface area (Å²) >= 11 is 0. The van der Waals surface area contributed by atoms with Crippen molar-refractivity contribution in [3.8, 4) is 11.5 Å². The van der Waals surface area contributed by atoms with Gasteiger partial charge in [0.25, 0.3) is 5.91 Å². The number of carbonyl (C=O) groups excluding carboxylic acids is 2. The van der Waals surface area contributed by atoms with Gasteiger partial charge < -0.3 is 20.1 Å². The topological polar surface area (TPSA) is 76.7 Å². The summed E-state index contributed by atoms with van der Waals surface area (Å²) in [6.07, 6.45) is 2.40. The number of methoxy groups -OCH3 is 2. The third-order valence-electron chi connectivity index (χ3n) is 5.19. The van der Waals surface area contributed by atoms with Gasteiger partial charge in [-0.2, -0.15) is 0 Å². The lowest BCUT2D eigenvalue weighted by atomic mass is 9.93. The molecule has 0 fully saturated rings. The van der Waals surface area contributed by atoms with Gasteiger partial charge in [-0.3, -0.25) is 9.59 Å². The van der Waals surface area contributed by atoms with E-state index in [0.29, 0.717) is 23.6 Å². The zero-order valence-corrected chi connectivity index (χ0v) is 17.8. The minimum absolute atomic E-state index is 0.0597. The highest BCUT2D eigenvalue weighted by atomic mass is 16.5. The van der Waals surface area contributed by atoms with E-state index in [-0.39, 0.29) is 17.6 Å². The number of benzene rings is 2. The normalized spacial score (nSPS) is 15.2. The minimum atomic E-state index is -0.627. The molecule has 2 aromatic rings. The average molecular weight is 408 g/mol. The van der Waals surface area contributed by atoms with Gasteiger partial charge in [0.15, 0.2) is 17.3 Å². The van der Waals surface area contributed by atoms with Crippen molar-refractivity contribution < 1.29 is 19.1 Å². The van der Waals surface area contributed by atoms with E-state index >= 15 is 0 Å². The summed E-state index contributed by atoms with van der Waals surface area (Å²) in [7, 11) is 3.19. The molecule has 1 aliphatic heterocycles. The third-order valence-corrected chi connectivity index (χ3v) is 5.19. The summed E-state index contributed by atoms with van der Waals surface area (Å²) in [5.41, 5.74) is 3.24. The van der Waals surface area contributed by atoms with Gasteiger partial charge in [-0.25, -0.2) is 0 Å². The SMILES string of the molecule is COc1cc2c(cc1OC)/C(=C/C(=O)[C@H](NC(=O)c1ccccc1)C(C)C)NCC2. The Morgan fingerprint density at radius 3 is 2.37 bits per heavy atom. The van der Waals surface area contributed by atoms with Gasteiger partial charge in [0.1, 0.15) is 0 Å². The molecule has 1 heterocycles. The van der Waals surface area contributed by atoms with Gasteiger partial charge in [0.05, 0.1) is 20.3 Å². The quantitative estimate of drug-likeness (QED) is 0.688. The van der Waals surface area contributed by atoms with Crippen LogP contribution in [0.25, 0.3) is 5.70 Å². The van der Waals surface area contributed by atoms with Crippen LogP contribution in [0.4, 0.5) is 0 Å². The van der Waals surface area contributed by atoms with Gasteiger partial charge in [0.2, 0.25) is 0 Å². The molecule has 0 radical (unpaired) electrons. The van der Waals surface area contributed by atoms with Gasteiger partial charge in [-0.15, -0.1) is 0 Å². The van der Waals surface area contributed by atoms with Crippen LogP contribution in [0.15, 0.2) is 48.5 Å². The standard InChI is InChI=1S/C24H28N2O4/c1-15(2)23(26-24(28)16-8-6-5-7-9-16)20(27)14-19-18-13-22(30-4)21(29-3)12-17(18)10-11-25-19/h5-9,12-15,23,25H,10-11H2,1-4H3,(H,26,28)/b19-14-/t23-/m1/s1. The lowest BCUT2D eigenvalue weighted by molar-refractivity contribution is -0.117. The first-order valence-corrected chi connectivity index (χ1v) is 10.0. The van der Waals surface area contributed by atoms with E-state index in [2.05, 4.69) is 10.6 Å². The van der Waals surface area contributed by atoms with Crippen LogP contribution in [0.1, 0.15) is 35.3 Å².